The highest BCUT2D eigenvalue weighted by Crippen LogP contribution is 2.36. The van der Waals surface area contributed by atoms with E-state index in [9.17, 15) is 9.59 Å². The Kier molecular flexibility index (Phi) is 6.22. The Labute approximate surface area is 209 Å². The SMILES string of the molecule is CC1(C)CNC(C(=O)CN)c2cc(NC(=O)c3cccnc3Nc3ccc4ccncc4c3)ccc21. The van der Waals surface area contributed by atoms with Gasteiger partial charge in [-0.25, -0.2) is 4.98 Å². The van der Waals surface area contributed by atoms with E-state index in [0.717, 1.165) is 27.6 Å². The van der Waals surface area contributed by atoms with Gasteiger partial charge in [-0.3, -0.25) is 14.6 Å². The van der Waals surface area contributed by atoms with E-state index in [1.54, 1.807) is 30.7 Å². The molecule has 0 bridgehead atoms. The number of rotatable bonds is 6. The molecule has 8 heteroatoms. The number of carbonyl (C=O) groups is 2. The van der Waals surface area contributed by atoms with Crippen molar-refractivity contribution in [3.63, 3.8) is 0 Å². The quantitative estimate of drug-likeness (QED) is 0.328. The summed E-state index contributed by atoms with van der Waals surface area (Å²) in [5, 5.41) is 11.6. The molecule has 0 spiro atoms. The van der Waals surface area contributed by atoms with Crippen molar-refractivity contribution in [1.29, 1.82) is 0 Å². The van der Waals surface area contributed by atoms with Gasteiger partial charge in [0.05, 0.1) is 18.2 Å². The molecule has 0 radical (unpaired) electrons. The smallest absolute Gasteiger partial charge is 0.259 e. The number of carbonyl (C=O) groups excluding carboxylic acids is 2. The van der Waals surface area contributed by atoms with Crippen LogP contribution >= 0.6 is 0 Å². The molecular formula is C28H28N6O2. The van der Waals surface area contributed by atoms with E-state index < -0.39 is 6.04 Å². The van der Waals surface area contributed by atoms with Crippen molar-refractivity contribution in [2.24, 2.45) is 5.73 Å². The van der Waals surface area contributed by atoms with Crippen LogP contribution in [0.3, 0.4) is 0 Å². The second-order valence-electron chi connectivity index (χ2n) is 9.59. The summed E-state index contributed by atoms with van der Waals surface area (Å²) in [5.41, 5.74) is 9.21. The van der Waals surface area contributed by atoms with E-state index in [1.807, 2.05) is 42.5 Å². The molecule has 1 atom stereocenters. The largest absolute Gasteiger partial charge is 0.340 e. The lowest BCUT2D eigenvalue weighted by atomic mass is 9.76. The van der Waals surface area contributed by atoms with Crippen LogP contribution in [0.4, 0.5) is 17.2 Å². The van der Waals surface area contributed by atoms with Crippen LogP contribution in [0, 0.1) is 0 Å². The number of nitrogens with zero attached hydrogens (tertiary/aromatic N) is 2. The summed E-state index contributed by atoms with van der Waals surface area (Å²) >= 11 is 0. The fourth-order valence-electron chi connectivity index (χ4n) is 4.65. The molecule has 0 saturated heterocycles. The first kappa shape index (κ1) is 23.6. The number of benzene rings is 2. The maximum absolute atomic E-state index is 13.3. The van der Waals surface area contributed by atoms with E-state index in [2.05, 4.69) is 39.8 Å². The first-order chi connectivity index (χ1) is 17.4. The first-order valence-corrected chi connectivity index (χ1v) is 11.8. The fraction of sp³-hybridized carbons (Fsp3) is 0.214. The minimum Gasteiger partial charge on any atom is -0.340 e. The highest BCUT2D eigenvalue weighted by atomic mass is 16.1. The Morgan fingerprint density at radius 1 is 1.06 bits per heavy atom. The Hall–Kier alpha value is -4.14. The number of Topliss-reactive ketones (excluding diaryl/α,β-unsaturated/α-hetero) is 1. The molecular weight excluding hydrogens is 452 g/mol. The van der Waals surface area contributed by atoms with Gasteiger partial charge in [-0.05, 0) is 59.0 Å². The van der Waals surface area contributed by atoms with E-state index in [-0.39, 0.29) is 23.7 Å². The lowest BCUT2D eigenvalue weighted by Gasteiger charge is -2.37. The van der Waals surface area contributed by atoms with Gasteiger partial charge in [0.15, 0.2) is 5.78 Å². The maximum atomic E-state index is 13.3. The Morgan fingerprint density at radius 2 is 1.89 bits per heavy atom. The van der Waals surface area contributed by atoms with Gasteiger partial charge in [-0.15, -0.1) is 0 Å². The van der Waals surface area contributed by atoms with E-state index in [0.29, 0.717) is 23.6 Å². The van der Waals surface area contributed by atoms with Gasteiger partial charge in [-0.1, -0.05) is 26.0 Å². The normalized spacial score (nSPS) is 16.2. The van der Waals surface area contributed by atoms with Crippen LogP contribution in [-0.2, 0) is 10.2 Å². The third-order valence-electron chi connectivity index (χ3n) is 6.58. The molecule has 4 aromatic rings. The van der Waals surface area contributed by atoms with Crippen molar-refractivity contribution < 1.29 is 9.59 Å². The summed E-state index contributed by atoms with van der Waals surface area (Å²) in [6, 6.07) is 16.5. The van der Waals surface area contributed by atoms with Gasteiger partial charge in [0.25, 0.3) is 5.91 Å². The molecule has 36 heavy (non-hydrogen) atoms. The lowest BCUT2D eigenvalue weighted by Crippen LogP contribution is -2.45. The van der Waals surface area contributed by atoms with Crippen molar-refractivity contribution in [1.82, 2.24) is 15.3 Å². The number of fused-ring (bicyclic) bond motifs is 2. The number of ketones is 1. The number of hydrogen-bond donors (Lipinski definition) is 4. The number of aromatic nitrogens is 2. The molecule has 182 valence electrons. The van der Waals surface area contributed by atoms with Crippen LogP contribution < -0.4 is 21.7 Å². The van der Waals surface area contributed by atoms with Crippen molar-refractivity contribution >= 4 is 39.7 Å². The molecule has 1 aliphatic rings. The van der Waals surface area contributed by atoms with E-state index in [1.165, 1.54) is 0 Å². The van der Waals surface area contributed by atoms with Gasteiger partial charge in [0, 0.05) is 47.3 Å². The minimum atomic E-state index is -0.493. The molecule has 5 N–H and O–H groups in total. The zero-order chi connectivity index (χ0) is 25.3. The fourth-order valence-corrected chi connectivity index (χ4v) is 4.65. The maximum Gasteiger partial charge on any atom is 0.259 e. The highest BCUT2D eigenvalue weighted by Gasteiger charge is 2.35. The minimum absolute atomic E-state index is 0.0519. The molecule has 0 saturated carbocycles. The standard InChI is InChI=1S/C28H28N6O2/c1-28(2)16-32-25(24(35)14-29)22-13-20(7-8-23(22)28)34-27(36)21-4-3-10-31-26(21)33-19-6-5-17-9-11-30-15-18(17)12-19/h3-13,15,25,32H,14,16,29H2,1-2H3,(H,31,33)(H,34,36). The van der Waals surface area contributed by atoms with Crippen molar-refractivity contribution in [2.45, 2.75) is 25.3 Å². The molecule has 0 aliphatic carbocycles. The number of amides is 1. The molecule has 2 aromatic carbocycles. The predicted octanol–water partition coefficient (Wildman–Crippen LogP) is 4.08. The zero-order valence-corrected chi connectivity index (χ0v) is 20.2. The molecule has 3 heterocycles. The first-order valence-electron chi connectivity index (χ1n) is 11.8. The van der Waals surface area contributed by atoms with Gasteiger partial charge < -0.3 is 21.7 Å². The molecule has 1 unspecified atom stereocenters. The van der Waals surface area contributed by atoms with Crippen molar-refractivity contribution in [3.8, 4) is 0 Å². The van der Waals surface area contributed by atoms with Gasteiger partial charge in [-0.2, -0.15) is 0 Å². The third-order valence-corrected chi connectivity index (χ3v) is 6.58. The summed E-state index contributed by atoms with van der Waals surface area (Å²) < 4.78 is 0. The molecule has 2 aromatic heterocycles. The number of pyridine rings is 2. The Bertz CT molecular complexity index is 1470. The summed E-state index contributed by atoms with van der Waals surface area (Å²) in [6.07, 6.45) is 5.18. The number of nitrogens with one attached hydrogen (secondary N) is 3. The van der Waals surface area contributed by atoms with Gasteiger partial charge >= 0.3 is 0 Å². The van der Waals surface area contributed by atoms with Crippen LogP contribution in [0.5, 0.6) is 0 Å². The van der Waals surface area contributed by atoms with Crippen molar-refractivity contribution in [2.75, 3.05) is 23.7 Å². The monoisotopic (exact) mass is 480 g/mol. The lowest BCUT2D eigenvalue weighted by molar-refractivity contribution is -0.120. The average molecular weight is 481 g/mol. The number of anilines is 3. The molecule has 8 nitrogen and oxygen atoms in total. The van der Waals surface area contributed by atoms with Gasteiger partial charge in [0.1, 0.15) is 5.82 Å². The second kappa shape index (κ2) is 9.49. The van der Waals surface area contributed by atoms with Gasteiger partial charge in [0.2, 0.25) is 0 Å². The Balaban J connectivity index is 1.42. The molecule has 1 amide bonds. The summed E-state index contributed by atoms with van der Waals surface area (Å²) in [4.78, 5) is 34.4. The van der Waals surface area contributed by atoms with Crippen molar-refractivity contribution in [3.05, 3.63) is 89.9 Å². The summed E-state index contributed by atoms with van der Waals surface area (Å²) in [7, 11) is 0. The van der Waals surface area contributed by atoms with E-state index in [4.69, 9.17) is 5.73 Å². The van der Waals surface area contributed by atoms with Crippen LogP contribution in [0.2, 0.25) is 0 Å². The van der Waals surface area contributed by atoms with Crippen LogP contribution in [0.15, 0.2) is 73.2 Å². The number of nitrogens with two attached hydrogens (primary N) is 1. The Morgan fingerprint density at radius 3 is 2.72 bits per heavy atom. The van der Waals surface area contributed by atoms with Crippen LogP contribution in [0.1, 0.15) is 41.4 Å². The average Bonchev–Trinajstić information content (AvgIpc) is 2.88. The summed E-state index contributed by atoms with van der Waals surface area (Å²) in [6.45, 7) is 4.86. The third kappa shape index (κ3) is 4.56. The van der Waals surface area contributed by atoms with Crippen LogP contribution in [0.25, 0.3) is 10.8 Å². The topological polar surface area (TPSA) is 122 Å². The van der Waals surface area contributed by atoms with Crippen LogP contribution in [-0.4, -0.2) is 34.7 Å². The second-order valence-corrected chi connectivity index (χ2v) is 9.59. The molecule has 5 rings (SSSR count). The number of hydrogen-bond acceptors (Lipinski definition) is 7. The van der Waals surface area contributed by atoms with E-state index >= 15 is 0 Å². The zero-order valence-electron chi connectivity index (χ0n) is 20.2. The highest BCUT2D eigenvalue weighted by molar-refractivity contribution is 6.08. The molecule has 1 aliphatic heterocycles. The summed E-state index contributed by atoms with van der Waals surface area (Å²) in [5.74, 6) is 0.0486. The molecule has 0 fully saturated rings. The predicted molar refractivity (Wildman–Crippen MR) is 141 cm³/mol.